The van der Waals surface area contributed by atoms with Gasteiger partial charge in [0.2, 0.25) is 5.91 Å². The van der Waals surface area contributed by atoms with E-state index in [0.29, 0.717) is 13.0 Å². The molecule has 0 spiro atoms. The number of hydrogen-bond donors (Lipinski definition) is 2. The molecule has 0 aliphatic carbocycles. The van der Waals surface area contributed by atoms with Crippen LogP contribution in [0.5, 0.6) is 0 Å². The summed E-state index contributed by atoms with van der Waals surface area (Å²) in [4.78, 5) is 12.5. The van der Waals surface area contributed by atoms with E-state index in [4.69, 9.17) is 4.42 Å². The Hall–Kier alpha value is -2.07. The van der Waals surface area contributed by atoms with Gasteiger partial charge in [-0.1, -0.05) is 24.3 Å². The van der Waals surface area contributed by atoms with Crippen LogP contribution >= 0.6 is 0 Å². The quantitative estimate of drug-likeness (QED) is 0.905. The SMILES string of the molecule is CC(Cc1ccco1)NC(=O)C1CNCc2ccccc21. The van der Waals surface area contributed by atoms with E-state index in [9.17, 15) is 4.79 Å². The lowest BCUT2D eigenvalue weighted by Crippen LogP contribution is -2.42. The average molecular weight is 284 g/mol. The van der Waals surface area contributed by atoms with Crippen LogP contribution in [-0.4, -0.2) is 18.5 Å². The van der Waals surface area contributed by atoms with Crippen molar-refractivity contribution in [3.05, 3.63) is 59.5 Å². The highest BCUT2D eigenvalue weighted by Crippen LogP contribution is 2.24. The highest BCUT2D eigenvalue weighted by atomic mass is 16.3. The Morgan fingerprint density at radius 3 is 3.05 bits per heavy atom. The average Bonchev–Trinajstić information content (AvgIpc) is 2.99. The molecule has 0 fully saturated rings. The number of carbonyl (C=O) groups is 1. The third kappa shape index (κ3) is 3.16. The van der Waals surface area contributed by atoms with Gasteiger partial charge >= 0.3 is 0 Å². The molecule has 110 valence electrons. The highest BCUT2D eigenvalue weighted by molar-refractivity contribution is 5.84. The zero-order valence-electron chi connectivity index (χ0n) is 12.1. The van der Waals surface area contributed by atoms with Crippen molar-refractivity contribution >= 4 is 5.91 Å². The minimum atomic E-state index is -0.117. The Morgan fingerprint density at radius 2 is 2.24 bits per heavy atom. The molecule has 1 aromatic heterocycles. The van der Waals surface area contributed by atoms with Gasteiger partial charge in [0.25, 0.3) is 0 Å². The van der Waals surface area contributed by atoms with Gasteiger partial charge in [-0.05, 0) is 30.2 Å². The first kappa shape index (κ1) is 13.9. The molecule has 21 heavy (non-hydrogen) atoms. The normalized spacial score (nSPS) is 18.8. The van der Waals surface area contributed by atoms with E-state index in [1.807, 2.05) is 31.2 Å². The van der Waals surface area contributed by atoms with E-state index < -0.39 is 0 Å². The van der Waals surface area contributed by atoms with Gasteiger partial charge in [0.15, 0.2) is 0 Å². The Bertz CT molecular complexity index is 607. The highest BCUT2D eigenvalue weighted by Gasteiger charge is 2.26. The molecule has 2 unspecified atom stereocenters. The summed E-state index contributed by atoms with van der Waals surface area (Å²) in [6.07, 6.45) is 2.37. The fraction of sp³-hybridized carbons (Fsp3) is 0.353. The lowest BCUT2D eigenvalue weighted by molar-refractivity contribution is -0.123. The molecule has 2 atom stereocenters. The van der Waals surface area contributed by atoms with Gasteiger partial charge in [-0.25, -0.2) is 0 Å². The second kappa shape index (κ2) is 6.14. The minimum absolute atomic E-state index is 0.0535. The number of furan rings is 1. The predicted molar refractivity (Wildman–Crippen MR) is 80.9 cm³/mol. The van der Waals surface area contributed by atoms with Crippen LogP contribution in [0.3, 0.4) is 0 Å². The summed E-state index contributed by atoms with van der Waals surface area (Å²) in [5.74, 6) is 0.854. The fourth-order valence-corrected chi connectivity index (χ4v) is 2.86. The van der Waals surface area contributed by atoms with Gasteiger partial charge in [-0.3, -0.25) is 4.79 Å². The molecule has 0 radical (unpaired) electrons. The van der Waals surface area contributed by atoms with Crippen molar-refractivity contribution in [1.29, 1.82) is 0 Å². The van der Waals surface area contributed by atoms with E-state index >= 15 is 0 Å². The predicted octanol–water partition coefficient (Wildman–Crippen LogP) is 2.21. The summed E-state index contributed by atoms with van der Waals surface area (Å²) >= 11 is 0. The van der Waals surface area contributed by atoms with E-state index in [1.165, 1.54) is 5.56 Å². The second-order valence-electron chi connectivity index (χ2n) is 5.58. The molecular formula is C17H20N2O2. The van der Waals surface area contributed by atoms with Crippen LogP contribution in [0.1, 0.15) is 29.7 Å². The van der Waals surface area contributed by atoms with Crippen LogP contribution in [0.4, 0.5) is 0 Å². The molecule has 2 N–H and O–H groups in total. The summed E-state index contributed by atoms with van der Waals surface area (Å²) in [5, 5.41) is 6.40. The van der Waals surface area contributed by atoms with Crippen LogP contribution in [0.15, 0.2) is 47.1 Å². The number of fused-ring (bicyclic) bond motifs is 1. The molecule has 2 heterocycles. The van der Waals surface area contributed by atoms with Crippen molar-refractivity contribution in [2.45, 2.75) is 31.8 Å². The minimum Gasteiger partial charge on any atom is -0.469 e. The topological polar surface area (TPSA) is 54.3 Å². The Kier molecular flexibility index (Phi) is 4.06. The van der Waals surface area contributed by atoms with Gasteiger partial charge < -0.3 is 15.1 Å². The van der Waals surface area contributed by atoms with Crippen molar-refractivity contribution in [2.75, 3.05) is 6.54 Å². The first-order valence-corrected chi connectivity index (χ1v) is 7.35. The number of benzene rings is 1. The molecule has 0 bridgehead atoms. The summed E-state index contributed by atoms with van der Waals surface area (Å²) in [6, 6.07) is 12.0. The Labute approximate surface area is 124 Å². The zero-order valence-corrected chi connectivity index (χ0v) is 12.1. The molecule has 2 aromatic rings. The molecule has 1 aromatic carbocycles. The Balaban J connectivity index is 1.66. The van der Waals surface area contributed by atoms with Crippen LogP contribution in [-0.2, 0) is 17.8 Å². The first-order chi connectivity index (χ1) is 10.2. The first-order valence-electron chi connectivity index (χ1n) is 7.35. The fourth-order valence-electron chi connectivity index (χ4n) is 2.86. The molecule has 4 heteroatoms. The smallest absolute Gasteiger partial charge is 0.229 e. The number of hydrogen-bond acceptors (Lipinski definition) is 3. The monoisotopic (exact) mass is 284 g/mol. The van der Waals surface area contributed by atoms with Crippen LogP contribution in [0, 0.1) is 0 Å². The van der Waals surface area contributed by atoms with Gasteiger partial charge in [0.05, 0.1) is 12.2 Å². The van der Waals surface area contributed by atoms with Gasteiger partial charge in [-0.2, -0.15) is 0 Å². The van der Waals surface area contributed by atoms with Crippen molar-refractivity contribution in [2.24, 2.45) is 0 Å². The van der Waals surface area contributed by atoms with Crippen LogP contribution in [0.2, 0.25) is 0 Å². The number of carbonyl (C=O) groups excluding carboxylic acids is 1. The van der Waals surface area contributed by atoms with Crippen LogP contribution < -0.4 is 10.6 Å². The molecular weight excluding hydrogens is 264 g/mol. The maximum Gasteiger partial charge on any atom is 0.229 e. The lowest BCUT2D eigenvalue weighted by Gasteiger charge is -2.26. The molecule has 1 aliphatic heterocycles. The van der Waals surface area contributed by atoms with Gasteiger partial charge in [-0.15, -0.1) is 0 Å². The molecule has 1 amide bonds. The largest absolute Gasteiger partial charge is 0.469 e. The number of amides is 1. The second-order valence-corrected chi connectivity index (χ2v) is 5.58. The molecule has 0 saturated carbocycles. The van der Waals surface area contributed by atoms with E-state index in [-0.39, 0.29) is 17.9 Å². The van der Waals surface area contributed by atoms with Crippen LogP contribution in [0.25, 0.3) is 0 Å². The van der Waals surface area contributed by atoms with Crippen molar-refractivity contribution in [3.8, 4) is 0 Å². The van der Waals surface area contributed by atoms with Gasteiger partial charge in [0.1, 0.15) is 5.76 Å². The third-order valence-electron chi connectivity index (χ3n) is 3.89. The van der Waals surface area contributed by atoms with Crippen molar-refractivity contribution in [1.82, 2.24) is 10.6 Å². The number of nitrogens with one attached hydrogen (secondary N) is 2. The standard InChI is InChI=1S/C17H20N2O2/c1-12(9-14-6-4-8-21-14)19-17(20)16-11-18-10-13-5-2-3-7-15(13)16/h2-8,12,16,18H,9-11H2,1H3,(H,19,20). The molecule has 4 nitrogen and oxygen atoms in total. The maximum absolute atomic E-state index is 12.5. The van der Waals surface area contributed by atoms with E-state index in [2.05, 4.69) is 22.8 Å². The molecule has 0 saturated heterocycles. The van der Waals surface area contributed by atoms with Crippen molar-refractivity contribution < 1.29 is 9.21 Å². The molecule has 3 rings (SSSR count). The van der Waals surface area contributed by atoms with E-state index in [0.717, 1.165) is 17.9 Å². The number of rotatable bonds is 4. The maximum atomic E-state index is 12.5. The summed E-state index contributed by atoms with van der Waals surface area (Å²) < 4.78 is 5.32. The third-order valence-corrected chi connectivity index (χ3v) is 3.89. The van der Waals surface area contributed by atoms with E-state index in [1.54, 1.807) is 6.26 Å². The Morgan fingerprint density at radius 1 is 1.38 bits per heavy atom. The molecule has 1 aliphatic rings. The summed E-state index contributed by atoms with van der Waals surface area (Å²) in [5.41, 5.74) is 2.35. The summed E-state index contributed by atoms with van der Waals surface area (Å²) in [6.45, 7) is 3.53. The summed E-state index contributed by atoms with van der Waals surface area (Å²) in [7, 11) is 0. The lowest BCUT2D eigenvalue weighted by atomic mass is 9.90. The zero-order chi connectivity index (χ0) is 14.7. The van der Waals surface area contributed by atoms with Crippen molar-refractivity contribution in [3.63, 3.8) is 0 Å². The van der Waals surface area contributed by atoms with Gasteiger partial charge in [0, 0.05) is 25.6 Å².